The van der Waals surface area contributed by atoms with Gasteiger partial charge in [0.15, 0.2) is 0 Å². The van der Waals surface area contributed by atoms with Crippen LogP contribution in [0.5, 0.6) is 0 Å². The normalized spacial score (nSPS) is 18.2. The van der Waals surface area contributed by atoms with E-state index in [1.165, 1.54) is 10.9 Å². The van der Waals surface area contributed by atoms with E-state index in [9.17, 15) is 14.7 Å². The van der Waals surface area contributed by atoms with E-state index in [-0.39, 0.29) is 30.6 Å². The zero-order valence-electron chi connectivity index (χ0n) is 18.4. The molecular weight excluding hydrogens is 404 g/mol. The number of hydrogen-bond acceptors (Lipinski definition) is 4. The third kappa shape index (κ3) is 3.15. The van der Waals surface area contributed by atoms with Gasteiger partial charge in [0.1, 0.15) is 6.17 Å². The smallest absolute Gasteiger partial charge is 0.257 e. The molecule has 0 fully saturated rings. The van der Waals surface area contributed by atoms with Crippen molar-refractivity contribution in [3.05, 3.63) is 65.4 Å². The Bertz CT molecular complexity index is 1200. The van der Waals surface area contributed by atoms with Crippen LogP contribution in [-0.2, 0) is 17.8 Å². The molecule has 2 aromatic carbocycles. The van der Waals surface area contributed by atoms with Gasteiger partial charge in [-0.15, -0.1) is 0 Å². The van der Waals surface area contributed by atoms with E-state index in [2.05, 4.69) is 26.9 Å². The SMILES string of the molecule is C[C@@H](CO)NC(=O)CCn1c2c(c3ccccc31)CCN1C(=O)c3ccccc3N(C)C21. The molecule has 0 aliphatic carbocycles. The number of fused-ring (bicyclic) bond motifs is 6. The Kier molecular flexibility index (Phi) is 5.13. The second kappa shape index (κ2) is 7.98. The Morgan fingerprint density at radius 3 is 2.75 bits per heavy atom. The second-order valence-electron chi connectivity index (χ2n) is 8.68. The molecule has 32 heavy (non-hydrogen) atoms. The Morgan fingerprint density at radius 2 is 1.94 bits per heavy atom. The summed E-state index contributed by atoms with van der Waals surface area (Å²) in [5.74, 6) is -0.0372. The standard InChI is InChI=1S/C25H28N4O3/c1-16(15-30)26-22(31)12-14-28-21-10-6-3-7-17(21)18-11-13-29-24(23(18)28)27(2)20-9-5-4-8-19(20)25(29)32/h3-10,16,24,30H,11-15H2,1-2H3,(H,26,31)/t16-,24?/m0/s1. The average Bonchev–Trinajstić information content (AvgIpc) is 3.14. The fraction of sp³-hybridized carbons (Fsp3) is 0.360. The summed E-state index contributed by atoms with van der Waals surface area (Å²) in [6.07, 6.45) is 0.874. The van der Waals surface area contributed by atoms with Gasteiger partial charge in [0.25, 0.3) is 5.91 Å². The molecule has 2 amide bonds. The van der Waals surface area contributed by atoms with Crippen molar-refractivity contribution in [1.82, 2.24) is 14.8 Å². The molecule has 7 heteroatoms. The number of para-hydroxylation sites is 2. The van der Waals surface area contributed by atoms with Crippen LogP contribution in [0, 0.1) is 0 Å². The van der Waals surface area contributed by atoms with E-state index in [0.29, 0.717) is 19.5 Å². The lowest BCUT2D eigenvalue weighted by molar-refractivity contribution is -0.122. The zero-order chi connectivity index (χ0) is 22.4. The van der Waals surface area contributed by atoms with Gasteiger partial charge in [-0.3, -0.25) is 9.59 Å². The van der Waals surface area contributed by atoms with Crippen LogP contribution in [0.2, 0.25) is 0 Å². The first-order valence-electron chi connectivity index (χ1n) is 11.1. The Labute approximate surface area is 187 Å². The summed E-state index contributed by atoms with van der Waals surface area (Å²) in [6.45, 7) is 2.87. The van der Waals surface area contributed by atoms with Gasteiger partial charge in [0.2, 0.25) is 5.91 Å². The fourth-order valence-corrected chi connectivity index (χ4v) is 5.16. The summed E-state index contributed by atoms with van der Waals surface area (Å²) >= 11 is 0. The van der Waals surface area contributed by atoms with Crippen LogP contribution in [0.25, 0.3) is 10.9 Å². The highest BCUT2D eigenvalue weighted by Gasteiger charge is 2.42. The minimum absolute atomic E-state index is 0.0562. The lowest BCUT2D eigenvalue weighted by atomic mass is 9.96. The second-order valence-corrected chi connectivity index (χ2v) is 8.68. The number of aryl methyl sites for hydroxylation is 1. The van der Waals surface area contributed by atoms with E-state index in [1.54, 1.807) is 6.92 Å². The van der Waals surface area contributed by atoms with Crippen molar-refractivity contribution in [2.45, 2.75) is 38.5 Å². The number of amides is 2. The van der Waals surface area contributed by atoms with Gasteiger partial charge in [-0.1, -0.05) is 30.3 Å². The number of carbonyl (C=O) groups excluding carboxylic acids is 2. The van der Waals surface area contributed by atoms with E-state index in [1.807, 2.05) is 48.3 Å². The molecule has 0 spiro atoms. The van der Waals surface area contributed by atoms with Gasteiger partial charge in [0.05, 0.1) is 23.6 Å². The van der Waals surface area contributed by atoms with E-state index in [4.69, 9.17) is 0 Å². The molecular formula is C25H28N4O3. The maximum atomic E-state index is 13.4. The van der Waals surface area contributed by atoms with Crippen molar-refractivity contribution in [2.24, 2.45) is 0 Å². The Hall–Kier alpha value is -3.32. The molecule has 2 aliphatic rings. The quantitative estimate of drug-likeness (QED) is 0.650. The molecule has 2 N–H and O–H groups in total. The zero-order valence-corrected chi connectivity index (χ0v) is 18.4. The maximum Gasteiger partial charge on any atom is 0.257 e. The average molecular weight is 433 g/mol. The van der Waals surface area contributed by atoms with Crippen molar-refractivity contribution in [2.75, 3.05) is 25.1 Å². The number of aliphatic hydroxyl groups is 1. The van der Waals surface area contributed by atoms with Crippen molar-refractivity contribution < 1.29 is 14.7 Å². The van der Waals surface area contributed by atoms with Crippen molar-refractivity contribution in [3.63, 3.8) is 0 Å². The van der Waals surface area contributed by atoms with Crippen LogP contribution in [0.4, 0.5) is 5.69 Å². The topological polar surface area (TPSA) is 77.8 Å². The van der Waals surface area contributed by atoms with Crippen LogP contribution < -0.4 is 10.2 Å². The predicted octanol–water partition coefficient (Wildman–Crippen LogP) is 2.68. The largest absolute Gasteiger partial charge is 0.394 e. The summed E-state index contributed by atoms with van der Waals surface area (Å²) in [4.78, 5) is 30.0. The fourth-order valence-electron chi connectivity index (χ4n) is 5.16. The van der Waals surface area contributed by atoms with E-state index < -0.39 is 0 Å². The summed E-state index contributed by atoms with van der Waals surface area (Å²) in [7, 11) is 2.04. The monoisotopic (exact) mass is 432 g/mol. The molecule has 2 atom stereocenters. The molecule has 3 heterocycles. The van der Waals surface area contributed by atoms with Gasteiger partial charge < -0.3 is 24.8 Å². The molecule has 1 unspecified atom stereocenters. The number of aliphatic hydroxyl groups excluding tert-OH is 1. The number of nitrogens with zero attached hydrogens (tertiary/aromatic N) is 3. The van der Waals surface area contributed by atoms with Crippen molar-refractivity contribution in [1.29, 1.82) is 0 Å². The number of carbonyl (C=O) groups is 2. The van der Waals surface area contributed by atoms with Crippen LogP contribution in [0.3, 0.4) is 0 Å². The highest BCUT2D eigenvalue weighted by atomic mass is 16.3. The first-order chi connectivity index (χ1) is 15.5. The number of anilines is 1. The van der Waals surface area contributed by atoms with E-state index >= 15 is 0 Å². The van der Waals surface area contributed by atoms with Crippen LogP contribution in [-0.4, -0.2) is 52.6 Å². The number of rotatable bonds is 5. The van der Waals surface area contributed by atoms with E-state index in [0.717, 1.165) is 28.9 Å². The Morgan fingerprint density at radius 1 is 1.19 bits per heavy atom. The third-order valence-corrected chi connectivity index (χ3v) is 6.65. The van der Waals surface area contributed by atoms with Gasteiger partial charge in [-0.25, -0.2) is 0 Å². The summed E-state index contributed by atoms with van der Waals surface area (Å²) in [5.41, 5.74) is 5.09. The van der Waals surface area contributed by atoms with Gasteiger partial charge >= 0.3 is 0 Å². The lowest BCUT2D eigenvalue weighted by Crippen LogP contribution is -2.51. The van der Waals surface area contributed by atoms with Crippen LogP contribution in [0.15, 0.2) is 48.5 Å². The highest BCUT2D eigenvalue weighted by molar-refractivity contribution is 6.02. The number of aromatic nitrogens is 1. The number of benzene rings is 2. The first-order valence-corrected chi connectivity index (χ1v) is 11.1. The molecule has 0 radical (unpaired) electrons. The lowest BCUT2D eigenvalue weighted by Gasteiger charge is -2.46. The third-order valence-electron chi connectivity index (χ3n) is 6.65. The maximum absolute atomic E-state index is 13.4. The van der Waals surface area contributed by atoms with Crippen LogP contribution in [0.1, 0.15) is 41.1 Å². The summed E-state index contributed by atoms with van der Waals surface area (Å²) < 4.78 is 2.21. The molecule has 3 aromatic rings. The number of nitrogens with one attached hydrogen (secondary N) is 1. The predicted molar refractivity (Wildman–Crippen MR) is 124 cm³/mol. The highest BCUT2D eigenvalue weighted by Crippen LogP contribution is 2.44. The Balaban J connectivity index is 1.59. The van der Waals surface area contributed by atoms with Crippen molar-refractivity contribution in [3.8, 4) is 0 Å². The molecule has 0 saturated carbocycles. The minimum atomic E-state index is -0.271. The molecule has 7 nitrogen and oxygen atoms in total. The number of hydrogen-bond donors (Lipinski definition) is 2. The summed E-state index contributed by atoms with van der Waals surface area (Å²) in [5, 5.41) is 13.3. The van der Waals surface area contributed by atoms with Crippen molar-refractivity contribution >= 4 is 28.4 Å². The minimum Gasteiger partial charge on any atom is -0.394 e. The molecule has 0 saturated heterocycles. The van der Waals surface area contributed by atoms with Gasteiger partial charge in [-0.2, -0.15) is 0 Å². The summed E-state index contributed by atoms with van der Waals surface area (Å²) in [6, 6.07) is 15.8. The first kappa shape index (κ1) is 20.6. The van der Waals surface area contributed by atoms with Crippen LogP contribution >= 0.6 is 0 Å². The molecule has 166 valence electrons. The molecule has 5 rings (SSSR count). The molecule has 2 aliphatic heterocycles. The molecule has 1 aromatic heterocycles. The molecule has 0 bridgehead atoms. The van der Waals surface area contributed by atoms with Gasteiger partial charge in [0, 0.05) is 43.5 Å². The van der Waals surface area contributed by atoms with Gasteiger partial charge in [-0.05, 0) is 37.1 Å².